The van der Waals surface area contributed by atoms with Crippen molar-refractivity contribution >= 4 is 28.7 Å². The Kier molecular flexibility index (Phi) is 7.35. The topological polar surface area (TPSA) is 56.6 Å². The summed E-state index contributed by atoms with van der Waals surface area (Å²) in [6, 6.07) is 15.6. The summed E-state index contributed by atoms with van der Waals surface area (Å²) in [5.41, 5.74) is 1.92. The minimum absolute atomic E-state index is 0.182. The van der Waals surface area contributed by atoms with Crippen LogP contribution in [0, 0.1) is 0 Å². The van der Waals surface area contributed by atoms with Crippen molar-refractivity contribution in [1.29, 1.82) is 0 Å². The summed E-state index contributed by atoms with van der Waals surface area (Å²) in [5, 5.41) is 0.864. The Balaban J connectivity index is 1.41. The summed E-state index contributed by atoms with van der Waals surface area (Å²) in [4.78, 5) is 19.8. The number of amides is 1. The van der Waals surface area contributed by atoms with Gasteiger partial charge in [-0.15, -0.1) is 0 Å². The Morgan fingerprint density at radius 3 is 2.45 bits per heavy atom. The molecule has 7 heteroatoms. The fourth-order valence-electron chi connectivity index (χ4n) is 3.84. The van der Waals surface area contributed by atoms with Gasteiger partial charge < -0.3 is 18.9 Å². The van der Waals surface area contributed by atoms with Crippen LogP contribution in [-0.2, 0) is 11.3 Å². The molecule has 0 N–H and O–H groups in total. The van der Waals surface area contributed by atoms with E-state index in [0.717, 1.165) is 59.4 Å². The zero-order valence-corrected chi connectivity index (χ0v) is 18.8. The number of aromatic nitrogens is 2. The van der Waals surface area contributed by atoms with E-state index in [-0.39, 0.29) is 5.91 Å². The van der Waals surface area contributed by atoms with Crippen LogP contribution >= 0.6 is 11.8 Å². The van der Waals surface area contributed by atoms with Gasteiger partial charge in [-0.1, -0.05) is 36.7 Å². The van der Waals surface area contributed by atoms with Gasteiger partial charge >= 0.3 is 0 Å². The first-order valence-electron chi connectivity index (χ1n) is 10.9. The van der Waals surface area contributed by atoms with Crippen LogP contribution in [0.15, 0.2) is 53.7 Å². The summed E-state index contributed by atoms with van der Waals surface area (Å²) in [6.45, 7) is 2.62. The monoisotopic (exact) mass is 439 g/mol. The first kappa shape index (κ1) is 21.6. The minimum atomic E-state index is 0.182. The van der Waals surface area contributed by atoms with Gasteiger partial charge in [0.25, 0.3) is 0 Å². The summed E-state index contributed by atoms with van der Waals surface area (Å²) >= 11 is 1.62. The number of imidazole rings is 1. The SMILES string of the molecule is COc1ccc(OCCSc2nc3ccccc3n2CC(=O)N2CCCCCC2)cc1. The number of benzene rings is 2. The van der Waals surface area contributed by atoms with E-state index >= 15 is 0 Å². The Bertz CT molecular complexity index is 995. The first-order valence-corrected chi connectivity index (χ1v) is 11.9. The Morgan fingerprint density at radius 1 is 1.00 bits per heavy atom. The maximum Gasteiger partial charge on any atom is 0.242 e. The summed E-state index contributed by atoms with van der Waals surface area (Å²) < 4.78 is 13.1. The number of fused-ring (bicyclic) bond motifs is 1. The molecule has 0 bridgehead atoms. The molecule has 1 aromatic heterocycles. The van der Waals surface area contributed by atoms with Gasteiger partial charge in [0.1, 0.15) is 18.0 Å². The molecular formula is C24H29N3O3S. The quantitative estimate of drug-likeness (QED) is 0.379. The summed E-state index contributed by atoms with van der Waals surface area (Å²) in [6.07, 6.45) is 4.63. The van der Waals surface area contributed by atoms with Crippen molar-refractivity contribution in [2.24, 2.45) is 0 Å². The normalized spacial score (nSPS) is 14.4. The highest BCUT2D eigenvalue weighted by molar-refractivity contribution is 7.99. The number of likely N-dealkylation sites (tertiary alicyclic amines) is 1. The lowest BCUT2D eigenvalue weighted by atomic mass is 10.2. The molecule has 0 saturated carbocycles. The molecule has 1 fully saturated rings. The molecule has 3 aromatic rings. The van der Waals surface area contributed by atoms with Crippen LogP contribution in [0.25, 0.3) is 11.0 Å². The van der Waals surface area contributed by atoms with E-state index in [9.17, 15) is 4.79 Å². The molecule has 2 aromatic carbocycles. The number of hydrogen-bond donors (Lipinski definition) is 0. The predicted octanol–water partition coefficient (Wildman–Crippen LogP) is 4.62. The number of carbonyl (C=O) groups excluding carboxylic acids is 1. The number of ether oxygens (including phenoxy) is 2. The maximum atomic E-state index is 13.0. The number of methoxy groups -OCH3 is 1. The van der Waals surface area contributed by atoms with Gasteiger partial charge in [-0.3, -0.25) is 4.79 Å². The van der Waals surface area contributed by atoms with E-state index in [1.54, 1.807) is 18.9 Å². The summed E-state index contributed by atoms with van der Waals surface area (Å²) in [7, 11) is 1.65. The number of rotatable bonds is 8. The van der Waals surface area contributed by atoms with Gasteiger partial charge in [0, 0.05) is 18.8 Å². The number of nitrogens with zero attached hydrogens (tertiary/aromatic N) is 3. The van der Waals surface area contributed by atoms with Gasteiger partial charge in [0.2, 0.25) is 5.91 Å². The number of para-hydroxylation sites is 2. The zero-order chi connectivity index (χ0) is 21.5. The lowest BCUT2D eigenvalue weighted by Crippen LogP contribution is -2.34. The van der Waals surface area contributed by atoms with Crippen molar-refractivity contribution in [3.8, 4) is 11.5 Å². The van der Waals surface area contributed by atoms with Crippen LogP contribution in [0.4, 0.5) is 0 Å². The molecule has 6 nitrogen and oxygen atoms in total. The lowest BCUT2D eigenvalue weighted by molar-refractivity contribution is -0.131. The highest BCUT2D eigenvalue weighted by Crippen LogP contribution is 2.25. The van der Waals surface area contributed by atoms with E-state index in [1.807, 2.05) is 53.4 Å². The molecule has 0 atom stereocenters. The fraction of sp³-hybridized carbons (Fsp3) is 0.417. The van der Waals surface area contributed by atoms with Gasteiger partial charge in [-0.2, -0.15) is 0 Å². The van der Waals surface area contributed by atoms with Crippen LogP contribution in [0.2, 0.25) is 0 Å². The second-order valence-electron chi connectivity index (χ2n) is 7.64. The third kappa shape index (κ3) is 5.53. The fourth-order valence-corrected chi connectivity index (χ4v) is 4.67. The smallest absolute Gasteiger partial charge is 0.242 e. The van der Waals surface area contributed by atoms with Crippen molar-refractivity contribution in [3.63, 3.8) is 0 Å². The molecule has 0 aliphatic carbocycles. The average Bonchev–Trinajstić information content (AvgIpc) is 2.96. The molecule has 1 saturated heterocycles. The zero-order valence-electron chi connectivity index (χ0n) is 18.0. The minimum Gasteiger partial charge on any atom is -0.497 e. The van der Waals surface area contributed by atoms with Gasteiger partial charge in [-0.05, 0) is 49.2 Å². The van der Waals surface area contributed by atoms with Crippen LogP contribution in [0.3, 0.4) is 0 Å². The van der Waals surface area contributed by atoms with Crippen LogP contribution in [0.5, 0.6) is 11.5 Å². The van der Waals surface area contributed by atoms with Crippen LogP contribution < -0.4 is 9.47 Å². The molecule has 1 aliphatic heterocycles. The third-order valence-electron chi connectivity index (χ3n) is 5.51. The average molecular weight is 440 g/mol. The number of carbonyl (C=O) groups is 1. The largest absolute Gasteiger partial charge is 0.497 e. The second kappa shape index (κ2) is 10.6. The maximum absolute atomic E-state index is 13.0. The highest BCUT2D eigenvalue weighted by atomic mass is 32.2. The van der Waals surface area contributed by atoms with Crippen molar-refractivity contribution < 1.29 is 14.3 Å². The standard InChI is InChI=1S/C24H29N3O3S/c1-29-19-10-12-20(13-11-19)30-16-17-31-24-25-21-8-4-5-9-22(21)27(24)18-23(28)26-14-6-2-3-7-15-26/h4-5,8-13H,2-3,6-7,14-18H2,1H3. The van der Waals surface area contributed by atoms with E-state index in [0.29, 0.717) is 13.2 Å². The van der Waals surface area contributed by atoms with Crippen molar-refractivity contribution in [3.05, 3.63) is 48.5 Å². The second-order valence-corrected chi connectivity index (χ2v) is 8.70. The van der Waals surface area contributed by atoms with Gasteiger partial charge in [-0.25, -0.2) is 4.98 Å². The molecular weight excluding hydrogens is 410 g/mol. The van der Waals surface area contributed by atoms with E-state index < -0.39 is 0 Å². The van der Waals surface area contributed by atoms with Crippen molar-refractivity contribution in [1.82, 2.24) is 14.5 Å². The predicted molar refractivity (Wildman–Crippen MR) is 124 cm³/mol. The molecule has 4 rings (SSSR count). The van der Waals surface area contributed by atoms with Crippen LogP contribution in [-0.4, -0.2) is 52.9 Å². The van der Waals surface area contributed by atoms with Crippen molar-refractivity contribution in [2.45, 2.75) is 37.4 Å². The molecule has 164 valence electrons. The van der Waals surface area contributed by atoms with Crippen LogP contribution in [0.1, 0.15) is 25.7 Å². The molecule has 31 heavy (non-hydrogen) atoms. The van der Waals surface area contributed by atoms with E-state index in [1.165, 1.54) is 12.8 Å². The van der Waals surface area contributed by atoms with Gasteiger partial charge in [0.05, 0.1) is 24.8 Å². The van der Waals surface area contributed by atoms with E-state index in [4.69, 9.17) is 14.5 Å². The molecule has 0 radical (unpaired) electrons. The molecule has 1 aliphatic rings. The first-order chi connectivity index (χ1) is 15.2. The summed E-state index contributed by atoms with van der Waals surface area (Å²) in [5.74, 6) is 2.55. The molecule has 2 heterocycles. The Hall–Kier alpha value is -2.67. The lowest BCUT2D eigenvalue weighted by Gasteiger charge is -2.21. The molecule has 0 spiro atoms. The van der Waals surface area contributed by atoms with Gasteiger partial charge in [0.15, 0.2) is 5.16 Å². The highest BCUT2D eigenvalue weighted by Gasteiger charge is 2.19. The third-order valence-corrected chi connectivity index (χ3v) is 6.45. The van der Waals surface area contributed by atoms with Crippen molar-refractivity contribution in [2.75, 3.05) is 32.6 Å². The molecule has 1 amide bonds. The van der Waals surface area contributed by atoms with E-state index in [2.05, 4.69) is 4.57 Å². The Morgan fingerprint density at radius 2 is 1.71 bits per heavy atom. The number of thioether (sulfide) groups is 1. The Labute approximate surface area is 187 Å². The number of hydrogen-bond acceptors (Lipinski definition) is 5. The molecule has 0 unspecified atom stereocenters.